The van der Waals surface area contributed by atoms with Crippen LogP contribution < -0.4 is 11.1 Å². The fraction of sp³-hybridized carbons (Fsp3) is 0.357. The second kappa shape index (κ2) is 4.72. The number of aromatic amines is 2. The number of carbonyl (C=O) groups is 1. The molecule has 1 fully saturated rings. The van der Waals surface area contributed by atoms with Crippen LogP contribution in [0.5, 0.6) is 0 Å². The second-order valence-electron chi connectivity index (χ2n) is 5.09. The van der Waals surface area contributed by atoms with Crippen LogP contribution in [-0.4, -0.2) is 28.5 Å². The molecule has 1 aromatic carbocycles. The Hall–Kier alpha value is -2.21. The van der Waals surface area contributed by atoms with Crippen molar-refractivity contribution in [3.05, 3.63) is 44.5 Å². The van der Waals surface area contributed by atoms with E-state index in [1.807, 2.05) is 6.92 Å². The maximum atomic E-state index is 12.4. The molecule has 0 spiro atoms. The van der Waals surface area contributed by atoms with E-state index in [-0.39, 0.29) is 11.7 Å². The highest BCUT2D eigenvalue weighted by Crippen LogP contribution is 2.24. The van der Waals surface area contributed by atoms with Crippen LogP contribution in [0, 0.1) is 5.92 Å². The molecule has 104 valence electrons. The number of ether oxygens (including phenoxy) is 1. The molecule has 3 rings (SSSR count). The van der Waals surface area contributed by atoms with E-state index in [0.29, 0.717) is 23.2 Å². The van der Waals surface area contributed by atoms with Crippen LogP contribution in [0.25, 0.3) is 11.0 Å². The Kier molecular flexibility index (Phi) is 3.02. The monoisotopic (exact) mass is 274 g/mol. The Bertz CT molecular complexity index is 790. The summed E-state index contributed by atoms with van der Waals surface area (Å²) in [7, 11) is 0. The number of nitrogens with one attached hydrogen (secondary N) is 2. The van der Waals surface area contributed by atoms with Crippen molar-refractivity contribution < 1.29 is 9.53 Å². The van der Waals surface area contributed by atoms with Crippen molar-refractivity contribution in [3.8, 4) is 0 Å². The Morgan fingerprint density at radius 2 is 1.90 bits per heavy atom. The maximum absolute atomic E-state index is 12.4. The maximum Gasteiger partial charge on any atom is 0.314 e. The average Bonchev–Trinajstić information content (AvgIpc) is 2.85. The highest BCUT2D eigenvalue weighted by molar-refractivity contribution is 6.02. The number of carbonyl (C=O) groups excluding carboxylic acids is 1. The highest BCUT2D eigenvalue weighted by Gasteiger charge is 2.31. The van der Waals surface area contributed by atoms with Crippen molar-refractivity contribution in [1.82, 2.24) is 9.97 Å². The van der Waals surface area contributed by atoms with E-state index in [1.54, 1.807) is 18.2 Å². The number of fused-ring (bicyclic) bond motifs is 1. The van der Waals surface area contributed by atoms with Crippen LogP contribution in [0.2, 0.25) is 0 Å². The standard InChI is InChI=1S/C14H14N2O4/c1-7-4-5-20-12(7)11(17)8-2-3-9-10(6-8)16-14(19)13(18)15-9/h2-3,6-7,12H,4-5H2,1H3,(H,15,18)(H,16,19). The molecule has 2 aromatic rings. The van der Waals surface area contributed by atoms with Gasteiger partial charge < -0.3 is 14.7 Å². The summed E-state index contributed by atoms with van der Waals surface area (Å²) in [5.74, 6) is 0.0942. The van der Waals surface area contributed by atoms with Gasteiger partial charge in [-0.1, -0.05) is 6.92 Å². The molecule has 0 radical (unpaired) electrons. The first-order valence-electron chi connectivity index (χ1n) is 6.48. The second-order valence-corrected chi connectivity index (χ2v) is 5.09. The molecule has 0 amide bonds. The molecule has 1 aromatic heterocycles. The number of rotatable bonds is 2. The molecule has 0 saturated carbocycles. The van der Waals surface area contributed by atoms with Gasteiger partial charge in [-0.15, -0.1) is 0 Å². The van der Waals surface area contributed by atoms with E-state index in [4.69, 9.17) is 4.74 Å². The Labute approximate surface area is 113 Å². The lowest BCUT2D eigenvalue weighted by Crippen LogP contribution is -2.29. The van der Waals surface area contributed by atoms with Crippen LogP contribution in [0.1, 0.15) is 23.7 Å². The van der Waals surface area contributed by atoms with Crippen LogP contribution in [0.15, 0.2) is 27.8 Å². The predicted molar refractivity (Wildman–Crippen MR) is 73.0 cm³/mol. The van der Waals surface area contributed by atoms with Crippen molar-refractivity contribution in [1.29, 1.82) is 0 Å². The zero-order chi connectivity index (χ0) is 14.3. The normalized spacial score (nSPS) is 22.2. The molecule has 2 heterocycles. The van der Waals surface area contributed by atoms with Gasteiger partial charge in [-0.2, -0.15) is 0 Å². The quantitative estimate of drug-likeness (QED) is 0.626. The molecule has 1 aliphatic rings. The lowest BCUT2D eigenvalue weighted by Gasteiger charge is -2.13. The molecule has 0 aliphatic carbocycles. The smallest absolute Gasteiger partial charge is 0.314 e. The van der Waals surface area contributed by atoms with E-state index >= 15 is 0 Å². The van der Waals surface area contributed by atoms with Crippen LogP contribution in [0.3, 0.4) is 0 Å². The summed E-state index contributed by atoms with van der Waals surface area (Å²) in [5.41, 5.74) is -0.0338. The van der Waals surface area contributed by atoms with E-state index in [9.17, 15) is 14.4 Å². The van der Waals surface area contributed by atoms with E-state index in [2.05, 4.69) is 9.97 Å². The van der Waals surface area contributed by atoms with Crippen molar-refractivity contribution in [2.75, 3.05) is 6.61 Å². The zero-order valence-electron chi connectivity index (χ0n) is 10.9. The van der Waals surface area contributed by atoms with Crippen LogP contribution >= 0.6 is 0 Å². The minimum Gasteiger partial charge on any atom is -0.370 e. The third-order valence-electron chi connectivity index (χ3n) is 3.65. The molecule has 6 heteroatoms. The van der Waals surface area contributed by atoms with E-state index in [1.165, 1.54) is 0 Å². The zero-order valence-corrected chi connectivity index (χ0v) is 10.9. The molecule has 1 aliphatic heterocycles. The molecule has 2 atom stereocenters. The molecular weight excluding hydrogens is 260 g/mol. The molecule has 20 heavy (non-hydrogen) atoms. The molecule has 2 unspecified atom stereocenters. The number of hydrogen-bond acceptors (Lipinski definition) is 4. The fourth-order valence-electron chi connectivity index (χ4n) is 2.46. The number of ketones is 1. The first kappa shape index (κ1) is 12.8. The minimum atomic E-state index is -0.729. The van der Waals surface area contributed by atoms with Crippen LogP contribution in [-0.2, 0) is 4.74 Å². The summed E-state index contributed by atoms with van der Waals surface area (Å²) in [6.07, 6.45) is 0.440. The van der Waals surface area contributed by atoms with Gasteiger partial charge in [-0.05, 0) is 30.5 Å². The summed E-state index contributed by atoms with van der Waals surface area (Å²) in [5, 5.41) is 0. The molecular formula is C14H14N2O4. The summed E-state index contributed by atoms with van der Waals surface area (Å²) in [6.45, 7) is 2.57. The first-order chi connectivity index (χ1) is 9.56. The van der Waals surface area contributed by atoms with Gasteiger partial charge in [-0.3, -0.25) is 14.4 Å². The number of H-pyrrole nitrogens is 2. The lowest BCUT2D eigenvalue weighted by atomic mass is 9.96. The van der Waals surface area contributed by atoms with Gasteiger partial charge in [-0.25, -0.2) is 0 Å². The number of hydrogen-bond donors (Lipinski definition) is 2. The van der Waals surface area contributed by atoms with Gasteiger partial charge in [0.25, 0.3) is 0 Å². The van der Waals surface area contributed by atoms with Gasteiger partial charge in [0.1, 0.15) is 6.10 Å². The summed E-state index contributed by atoms with van der Waals surface area (Å²) in [4.78, 5) is 39.8. The predicted octanol–water partition coefficient (Wildman–Crippen LogP) is 0.824. The molecule has 0 bridgehead atoms. The van der Waals surface area contributed by atoms with E-state index in [0.717, 1.165) is 6.42 Å². The lowest BCUT2D eigenvalue weighted by molar-refractivity contribution is 0.0579. The van der Waals surface area contributed by atoms with Crippen LogP contribution in [0.4, 0.5) is 0 Å². The van der Waals surface area contributed by atoms with Crippen molar-refractivity contribution in [2.24, 2.45) is 5.92 Å². The van der Waals surface area contributed by atoms with Gasteiger partial charge in [0.15, 0.2) is 5.78 Å². The van der Waals surface area contributed by atoms with Gasteiger partial charge in [0.05, 0.1) is 11.0 Å². The first-order valence-corrected chi connectivity index (χ1v) is 6.48. The summed E-state index contributed by atoms with van der Waals surface area (Å²) >= 11 is 0. The SMILES string of the molecule is CC1CCOC1C(=O)c1ccc2[nH]c(=O)c(=O)[nH]c2c1. The summed E-state index contributed by atoms with van der Waals surface area (Å²) in [6, 6.07) is 4.82. The van der Waals surface area contributed by atoms with Gasteiger partial charge >= 0.3 is 11.1 Å². The van der Waals surface area contributed by atoms with Crippen molar-refractivity contribution in [3.63, 3.8) is 0 Å². The van der Waals surface area contributed by atoms with Crippen molar-refractivity contribution >= 4 is 16.8 Å². The fourth-order valence-corrected chi connectivity index (χ4v) is 2.46. The minimum absolute atomic E-state index is 0.0936. The van der Waals surface area contributed by atoms with Gasteiger partial charge in [0.2, 0.25) is 0 Å². The Balaban J connectivity index is 2.04. The Morgan fingerprint density at radius 3 is 2.55 bits per heavy atom. The van der Waals surface area contributed by atoms with Crippen molar-refractivity contribution in [2.45, 2.75) is 19.4 Å². The Morgan fingerprint density at radius 1 is 1.20 bits per heavy atom. The molecule has 2 N–H and O–H groups in total. The van der Waals surface area contributed by atoms with Gasteiger partial charge in [0, 0.05) is 12.2 Å². The average molecular weight is 274 g/mol. The number of aromatic nitrogens is 2. The molecule has 1 saturated heterocycles. The highest BCUT2D eigenvalue weighted by atomic mass is 16.5. The largest absolute Gasteiger partial charge is 0.370 e. The number of Topliss-reactive ketones (excluding diaryl/α,β-unsaturated/α-hetero) is 1. The topological polar surface area (TPSA) is 92.0 Å². The third-order valence-corrected chi connectivity index (χ3v) is 3.65. The van der Waals surface area contributed by atoms with E-state index < -0.39 is 17.2 Å². The summed E-state index contributed by atoms with van der Waals surface area (Å²) < 4.78 is 5.46. The number of benzene rings is 1. The molecule has 6 nitrogen and oxygen atoms in total. The third kappa shape index (κ3) is 2.08.